The van der Waals surface area contributed by atoms with E-state index in [4.69, 9.17) is 8.83 Å². The predicted octanol–water partition coefficient (Wildman–Crippen LogP) is 4.85. The molecule has 5 aromatic rings. The minimum atomic E-state index is -0.0285. The first-order valence-electron chi connectivity index (χ1n) is 7.08. The Balaban J connectivity index is 2.05. The van der Waals surface area contributed by atoms with Crippen LogP contribution in [0.1, 0.15) is 0 Å². The molecule has 3 aromatic carbocycles. The average molecular weight is 286 g/mol. The zero-order valence-corrected chi connectivity index (χ0v) is 11.5. The van der Waals surface area contributed by atoms with Crippen molar-refractivity contribution in [2.45, 2.75) is 0 Å². The van der Waals surface area contributed by atoms with Crippen LogP contribution in [0.4, 0.5) is 0 Å². The Bertz CT molecular complexity index is 1240. The van der Waals surface area contributed by atoms with Gasteiger partial charge in [0.1, 0.15) is 22.3 Å². The highest BCUT2D eigenvalue weighted by molar-refractivity contribution is 6.09. The molecule has 0 aliphatic heterocycles. The predicted molar refractivity (Wildman–Crippen MR) is 87.3 cm³/mol. The van der Waals surface area contributed by atoms with Gasteiger partial charge in [0.2, 0.25) is 5.43 Å². The number of furan rings is 1. The second kappa shape index (κ2) is 3.98. The number of fused-ring (bicyclic) bond motifs is 5. The molecule has 0 atom stereocenters. The summed E-state index contributed by atoms with van der Waals surface area (Å²) in [7, 11) is 0. The van der Waals surface area contributed by atoms with Gasteiger partial charge in [-0.2, -0.15) is 0 Å². The molecule has 0 bridgehead atoms. The first kappa shape index (κ1) is 11.6. The molecule has 0 radical (unpaired) electrons. The Kier molecular flexibility index (Phi) is 2.09. The van der Waals surface area contributed by atoms with E-state index in [9.17, 15) is 4.79 Å². The fourth-order valence-electron chi connectivity index (χ4n) is 3.02. The van der Waals surface area contributed by atoms with Crippen molar-refractivity contribution in [1.29, 1.82) is 0 Å². The molecular formula is C19H10O3. The minimum Gasteiger partial charge on any atom is -0.456 e. The molecule has 0 fully saturated rings. The Morgan fingerprint density at radius 1 is 0.545 bits per heavy atom. The van der Waals surface area contributed by atoms with E-state index in [1.165, 1.54) is 0 Å². The lowest BCUT2D eigenvalue weighted by Crippen LogP contribution is -2.01. The number of para-hydroxylation sites is 2. The van der Waals surface area contributed by atoms with E-state index in [1.54, 1.807) is 12.1 Å². The van der Waals surface area contributed by atoms with Crippen LogP contribution in [0.5, 0.6) is 0 Å². The molecule has 104 valence electrons. The second-order valence-electron chi connectivity index (χ2n) is 5.37. The lowest BCUT2D eigenvalue weighted by atomic mass is 10.1. The average Bonchev–Trinajstić information content (AvgIpc) is 2.91. The summed E-state index contributed by atoms with van der Waals surface area (Å²) in [5.74, 6) is 0. The number of hydrogen-bond acceptors (Lipinski definition) is 3. The SMILES string of the molecule is O=c1c2ccccc2oc2cc3c(cc12)oc1ccccc13. The molecule has 0 amide bonds. The van der Waals surface area contributed by atoms with Crippen LogP contribution in [0.2, 0.25) is 0 Å². The van der Waals surface area contributed by atoms with E-state index in [-0.39, 0.29) is 5.43 Å². The topological polar surface area (TPSA) is 43.4 Å². The summed E-state index contributed by atoms with van der Waals surface area (Å²) < 4.78 is 11.8. The van der Waals surface area contributed by atoms with Gasteiger partial charge >= 0.3 is 0 Å². The first-order chi connectivity index (χ1) is 10.8. The zero-order chi connectivity index (χ0) is 14.7. The van der Waals surface area contributed by atoms with Crippen LogP contribution < -0.4 is 5.43 Å². The van der Waals surface area contributed by atoms with E-state index >= 15 is 0 Å². The monoisotopic (exact) mass is 286 g/mol. The Morgan fingerprint density at radius 2 is 1.09 bits per heavy atom. The summed E-state index contributed by atoms with van der Waals surface area (Å²) in [5.41, 5.74) is 2.68. The molecular weight excluding hydrogens is 276 g/mol. The highest BCUT2D eigenvalue weighted by atomic mass is 16.3. The van der Waals surface area contributed by atoms with Crippen molar-refractivity contribution in [1.82, 2.24) is 0 Å². The van der Waals surface area contributed by atoms with E-state index in [0.29, 0.717) is 27.5 Å². The van der Waals surface area contributed by atoms with Crippen LogP contribution in [-0.2, 0) is 0 Å². The fraction of sp³-hybridized carbons (Fsp3) is 0. The van der Waals surface area contributed by atoms with Gasteiger partial charge in [0.25, 0.3) is 0 Å². The third-order valence-electron chi connectivity index (χ3n) is 4.08. The van der Waals surface area contributed by atoms with E-state index in [0.717, 1.165) is 16.4 Å². The van der Waals surface area contributed by atoms with Crippen molar-refractivity contribution in [2.24, 2.45) is 0 Å². The molecule has 2 heterocycles. The third kappa shape index (κ3) is 1.42. The van der Waals surface area contributed by atoms with Crippen molar-refractivity contribution in [3.8, 4) is 0 Å². The van der Waals surface area contributed by atoms with Gasteiger partial charge in [-0.25, -0.2) is 0 Å². The maximum absolute atomic E-state index is 12.6. The number of benzene rings is 3. The highest BCUT2D eigenvalue weighted by Gasteiger charge is 2.12. The zero-order valence-electron chi connectivity index (χ0n) is 11.5. The number of rotatable bonds is 0. The Morgan fingerprint density at radius 3 is 1.86 bits per heavy atom. The smallest absolute Gasteiger partial charge is 0.200 e. The van der Waals surface area contributed by atoms with Crippen LogP contribution in [0.25, 0.3) is 43.9 Å². The normalized spacial score (nSPS) is 11.8. The molecule has 0 aliphatic rings. The standard InChI is InChI=1S/C19H10O3/c20-19-12-6-2-4-8-16(12)22-18-9-13-11-5-1-3-7-15(11)21-17(13)10-14(18)19/h1-10H. The van der Waals surface area contributed by atoms with Crippen LogP contribution in [0.3, 0.4) is 0 Å². The molecule has 2 aromatic heterocycles. The quantitative estimate of drug-likeness (QED) is 0.382. The molecule has 22 heavy (non-hydrogen) atoms. The van der Waals surface area contributed by atoms with Gasteiger partial charge in [-0.05, 0) is 30.3 Å². The first-order valence-corrected chi connectivity index (χ1v) is 7.08. The van der Waals surface area contributed by atoms with Crippen molar-refractivity contribution in [3.63, 3.8) is 0 Å². The summed E-state index contributed by atoms with van der Waals surface area (Å²) >= 11 is 0. The number of hydrogen-bond donors (Lipinski definition) is 0. The largest absolute Gasteiger partial charge is 0.456 e. The lowest BCUT2D eigenvalue weighted by molar-refractivity contribution is 0.657. The molecule has 0 N–H and O–H groups in total. The second-order valence-corrected chi connectivity index (χ2v) is 5.37. The van der Waals surface area contributed by atoms with Crippen LogP contribution in [0.15, 0.2) is 74.3 Å². The Labute approximate surface area is 124 Å². The van der Waals surface area contributed by atoms with Gasteiger partial charge in [0, 0.05) is 10.8 Å². The van der Waals surface area contributed by atoms with Gasteiger partial charge in [-0.15, -0.1) is 0 Å². The van der Waals surface area contributed by atoms with Crippen LogP contribution in [-0.4, -0.2) is 0 Å². The summed E-state index contributed by atoms with van der Waals surface area (Å²) in [6.45, 7) is 0. The minimum absolute atomic E-state index is 0.0285. The van der Waals surface area contributed by atoms with Gasteiger partial charge in [-0.3, -0.25) is 4.79 Å². The van der Waals surface area contributed by atoms with Crippen molar-refractivity contribution in [2.75, 3.05) is 0 Å². The third-order valence-corrected chi connectivity index (χ3v) is 4.08. The van der Waals surface area contributed by atoms with E-state index in [1.807, 2.05) is 48.5 Å². The maximum Gasteiger partial charge on any atom is 0.200 e. The van der Waals surface area contributed by atoms with E-state index < -0.39 is 0 Å². The van der Waals surface area contributed by atoms with Gasteiger partial charge in [0.15, 0.2) is 0 Å². The lowest BCUT2D eigenvalue weighted by Gasteiger charge is -2.01. The van der Waals surface area contributed by atoms with Crippen molar-refractivity contribution < 1.29 is 8.83 Å². The highest BCUT2D eigenvalue weighted by Crippen LogP contribution is 2.32. The molecule has 0 unspecified atom stereocenters. The summed E-state index contributed by atoms with van der Waals surface area (Å²) in [6, 6.07) is 18.8. The summed E-state index contributed by atoms with van der Waals surface area (Å²) in [6.07, 6.45) is 0. The summed E-state index contributed by atoms with van der Waals surface area (Å²) in [5, 5.41) is 3.12. The summed E-state index contributed by atoms with van der Waals surface area (Å²) in [4.78, 5) is 12.6. The van der Waals surface area contributed by atoms with Gasteiger partial charge in [-0.1, -0.05) is 30.3 Å². The Hall–Kier alpha value is -3.07. The van der Waals surface area contributed by atoms with Crippen molar-refractivity contribution >= 4 is 43.9 Å². The van der Waals surface area contributed by atoms with Gasteiger partial charge in [0.05, 0.1) is 10.8 Å². The molecule has 3 nitrogen and oxygen atoms in total. The fourth-order valence-corrected chi connectivity index (χ4v) is 3.02. The molecule has 3 heteroatoms. The maximum atomic E-state index is 12.6. The molecule has 0 aliphatic carbocycles. The van der Waals surface area contributed by atoms with Gasteiger partial charge < -0.3 is 8.83 Å². The molecule has 5 rings (SSSR count). The molecule has 0 spiro atoms. The molecule has 0 saturated heterocycles. The van der Waals surface area contributed by atoms with Crippen molar-refractivity contribution in [3.05, 3.63) is 70.9 Å². The molecule has 0 saturated carbocycles. The van der Waals surface area contributed by atoms with E-state index in [2.05, 4.69) is 0 Å². The van der Waals surface area contributed by atoms with Crippen LogP contribution in [0, 0.1) is 0 Å². The van der Waals surface area contributed by atoms with Crippen LogP contribution >= 0.6 is 0 Å².